The number of nitrogens with one attached hydrogen (secondary N) is 1. The van der Waals surface area contributed by atoms with Crippen LogP contribution >= 0.6 is 0 Å². The molecule has 0 radical (unpaired) electrons. The van der Waals surface area contributed by atoms with Crippen LogP contribution in [0.1, 0.15) is 39.0 Å². The maximum atomic E-state index is 3.72. The number of likely N-dealkylation sites (N-methyl/N-ethyl adjacent to an activating group) is 1. The molecule has 1 N–H and O–H groups in total. The molecule has 0 aromatic rings. The minimum atomic E-state index is 0.357. The molecule has 1 atom stereocenters. The molecule has 2 rings (SSSR count). The summed E-state index contributed by atoms with van der Waals surface area (Å²) in [7, 11) is 4.55. The Labute approximate surface area is 107 Å². The third-order valence-corrected chi connectivity index (χ3v) is 4.62. The summed E-state index contributed by atoms with van der Waals surface area (Å²) >= 11 is 0. The van der Waals surface area contributed by atoms with Crippen LogP contribution in [-0.2, 0) is 0 Å². The fourth-order valence-electron chi connectivity index (χ4n) is 3.37. The van der Waals surface area contributed by atoms with Crippen LogP contribution in [0.15, 0.2) is 0 Å². The van der Waals surface area contributed by atoms with E-state index in [4.69, 9.17) is 0 Å². The Morgan fingerprint density at radius 1 is 1.29 bits per heavy atom. The topological polar surface area (TPSA) is 18.5 Å². The smallest absolute Gasteiger partial charge is 0.0280 e. The summed E-state index contributed by atoms with van der Waals surface area (Å²) in [4.78, 5) is 5.05. The van der Waals surface area contributed by atoms with Gasteiger partial charge in [0.25, 0.3) is 0 Å². The molecule has 3 heteroatoms. The van der Waals surface area contributed by atoms with Gasteiger partial charge in [-0.15, -0.1) is 0 Å². The number of rotatable bonds is 3. The first kappa shape index (κ1) is 13.3. The summed E-state index contributed by atoms with van der Waals surface area (Å²) in [6.45, 7) is 7.34. The monoisotopic (exact) mass is 239 g/mol. The van der Waals surface area contributed by atoms with Crippen LogP contribution in [-0.4, -0.2) is 61.7 Å². The highest BCUT2D eigenvalue weighted by atomic mass is 15.2. The third kappa shape index (κ3) is 3.67. The highest BCUT2D eigenvalue weighted by molar-refractivity contribution is 4.91. The third-order valence-electron chi connectivity index (χ3n) is 4.62. The van der Waals surface area contributed by atoms with E-state index in [1.54, 1.807) is 0 Å². The molecule has 1 unspecified atom stereocenters. The molecule has 17 heavy (non-hydrogen) atoms. The maximum absolute atomic E-state index is 3.72. The van der Waals surface area contributed by atoms with Crippen LogP contribution in [0.4, 0.5) is 0 Å². The SMILES string of the molecule is CN1CCC(N(C)CC2(C)CCCCN2)CC1. The zero-order valence-corrected chi connectivity index (χ0v) is 11.8. The first-order valence-electron chi connectivity index (χ1n) is 7.23. The van der Waals surface area contributed by atoms with Crippen molar-refractivity contribution < 1.29 is 0 Å². The van der Waals surface area contributed by atoms with E-state index in [0.717, 1.165) is 6.04 Å². The molecule has 0 aromatic heterocycles. The molecule has 0 aromatic carbocycles. The minimum Gasteiger partial charge on any atom is -0.310 e. The van der Waals surface area contributed by atoms with E-state index in [2.05, 4.69) is 36.1 Å². The highest BCUT2D eigenvalue weighted by Gasteiger charge is 2.30. The van der Waals surface area contributed by atoms with E-state index >= 15 is 0 Å². The number of piperidine rings is 2. The number of hydrogen-bond donors (Lipinski definition) is 1. The van der Waals surface area contributed by atoms with Gasteiger partial charge >= 0.3 is 0 Å². The summed E-state index contributed by atoms with van der Waals surface area (Å²) in [5.41, 5.74) is 0.357. The van der Waals surface area contributed by atoms with E-state index in [0.29, 0.717) is 5.54 Å². The quantitative estimate of drug-likeness (QED) is 0.806. The zero-order valence-electron chi connectivity index (χ0n) is 11.8. The Bertz CT molecular complexity index is 228. The van der Waals surface area contributed by atoms with Gasteiger partial charge in [-0.2, -0.15) is 0 Å². The van der Waals surface area contributed by atoms with Crippen molar-refractivity contribution in [3.63, 3.8) is 0 Å². The van der Waals surface area contributed by atoms with Gasteiger partial charge in [-0.05, 0) is 66.3 Å². The maximum Gasteiger partial charge on any atom is 0.0280 e. The second kappa shape index (κ2) is 5.68. The van der Waals surface area contributed by atoms with Crippen molar-refractivity contribution in [2.75, 3.05) is 40.3 Å². The molecule has 2 aliphatic heterocycles. The van der Waals surface area contributed by atoms with Gasteiger partial charge in [0.15, 0.2) is 0 Å². The molecule has 3 nitrogen and oxygen atoms in total. The Balaban J connectivity index is 1.81. The molecular formula is C14H29N3. The van der Waals surface area contributed by atoms with Crippen molar-refractivity contribution in [3.8, 4) is 0 Å². The van der Waals surface area contributed by atoms with E-state index in [1.165, 1.54) is 58.3 Å². The van der Waals surface area contributed by atoms with Crippen LogP contribution in [0.25, 0.3) is 0 Å². The minimum absolute atomic E-state index is 0.357. The van der Waals surface area contributed by atoms with Crippen molar-refractivity contribution in [3.05, 3.63) is 0 Å². The van der Waals surface area contributed by atoms with Crippen molar-refractivity contribution in [1.29, 1.82) is 0 Å². The normalized spacial score (nSPS) is 33.2. The standard InChI is InChI=1S/C14H29N3/c1-14(8-4-5-9-15-14)12-17(3)13-6-10-16(2)11-7-13/h13,15H,4-12H2,1-3H3. The van der Waals surface area contributed by atoms with Crippen LogP contribution in [0, 0.1) is 0 Å². The summed E-state index contributed by atoms with van der Waals surface area (Å²) in [6, 6.07) is 0.798. The van der Waals surface area contributed by atoms with Crippen LogP contribution in [0.5, 0.6) is 0 Å². The lowest BCUT2D eigenvalue weighted by molar-refractivity contribution is 0.104. The molecule has 2 saturated heterocycles. The Hall–Kier alpha value is -0.120. The summed E-state index contributed by atoms with van der Waals surface area (Å²) in [6.07, 6.45) is 6.76. The van der Waals surface area contributed by atoms with Gasteiger partial charge in [-0.1, -0.05) is 6.42 Å². The van der Waals surface area contributed by atoms with Gasteiger partial charge in [0.05, 0.1) is 0 Å². The predicted molar refractivity (Wildman–Crippen MR) is 73.4 cm³/mol. The molecule has 2 aliphatic rings. The summed E-state index contributed by atoms with van der Waals surface area (Å²) in [5, 5.41) is 3.72. The largest absolute Gasteiger partial charge is 0.310 e. The lowest BCUT2D eigenvalue weighted by Gasteiger charge is -2.42. The summed E-state index contributed by atoms with van der Waals surface area (Å²) < 4.78 is 0. The van der Waals surface area contributed by atoms with E-state index in [1.807, 2.05) is 0 Å². The average Bonchev–Trinajstić information content (AvgIpc) is 2.30. The van der Waals surface area contributed by atoms with Crippen LogP contribution in [0.3, 0.4) is 0 Å². The van der Waals surface area contributed by atoms with Gasteiger partial charge in [-0.25, -0.2) is 0 Å². The first-order chi connectivity index (χ1) is 8.09. The van der Waals surface area contributed by atoms with Crippen molar-refractivity contribution in [1.82, 2.24) is 15.1 Å². The highest BCUT2D eigenvalue weighted by Crippen LogP contribution is 2.22. The second-order valence-electron chi connectivity index (χ2n) is 6.39. The number of nitrogens with zero attached hydrogens (tertiary/aromatic N) is 2. The predicted octanol–water partition coefficient (Wildman–Crippen LogP) is 1.54. The van der Waals surface area contributed by atoms with E-state index in [-0.39, 0.29) is 0 Å². The Kier molecular flexibility index (Phi) is 4.45. The molecule has 100 valence electrons. The molecule has 0 spiro atoms. The fraction of sp³-hybridized carbons (Fsp3) is 1.00. The molecule has 0 saturated carbocycles. The Morgan fingerprint density at radius 3 is 2.59 bits per heavy atom. The molecule has 2 fully saturated rings. The van der Waals surface area contributed by atoms with Crippen molar-refractivity contribution in [2.24, 2.45) is 0 Å². The van der Waals surface area contributed by atoms with Gasteiger partial charge < -0.3 is 15.1 Å². The second-order valence-corrected chi connectivity index (χ2v) is 6.39. The molecule has 0 amide bonds. The molecular weight excluding hydrogens is 210 g/mol. The van der Waals surface area contributed by atoms with Crippen molar-refractivity contribution >= 4 is 0 Å². The number of hydrogen-bond acceptors (Lipinski definition) is 3. The summed E-state index contributed by atoms with van der Waals surface area (Å²) in [5.74, 6) is 0. The lowest BCUT2D eigenvalue weighted by atomic mass is 9.89. The van der Waals surface area contributed by atoms with Gasteiger partial charge in [0.2, 0.25) is 0 Å². The van der Waals surface area contributed by atoms with Gasteiger partial charge in [0.1, 0.15) is 0 Å². The van der Waals surface area contributed by atoms with Gasteiger partial charge in [0, 0.05) is 18.1 Å². The van der Waals surface area contributed by atoms with Crippen LogP contribution in [0.2, 0.25) is 0 Å². The lowest BCUT2D eigenvalue weighted by Crippen LogP contribution is -2.55. The number of likely N-dealkylation sites (tertiary alicyclic amines) is 1. The molecule has 2 heterocycles. The van der Waals surface area contributed by atoms with E-state index < -0.39 is 0 Å². The molecule has 0 aliphatic carbocycles. The van der Waals surface area contributed by atoms with Crippen molar-refractivity contribution in [2.45, 2.75) is 50.6 Å². The zero-order chi connectivity index (χ0) is 12.3. The van der Waals surface area contributed by atoms with Crippen LogP contribution < -0.4 is 5.32 Å². The Morgan fingerprint density at radius 2 is 2.00 bits per heavy atom. The fourth-order valence-corrected chi connectivity index (χ4v) is 3.37. The average molecular weight is 239 g/mol. The van der Waals surface area contributed by atoms with E-state index in [9.17, 15) is 0 Å². The first-order valence-corrected chi connectivity index (χ1v) is 7.23. The molecule has 0 bridgehead atoms. The van der Waals surface area contributed by atoms with Gasteiger partial charge in [-0.3, -0.25) is 0 Å².